The largest absolute Gasteiger partial charge is 0.344 e. The Hall–Kier alpha value is -1.50. The number of hydrogen-bond donors (Lipinski definition) is 2. The molecule has 5 nitrogen and oxygen atoms in total. The van der Waals surface area contributed by atoms with Gasteiger partial charge in [-0.2, -0.15) is 0 Å². The van der Waals surface area contributed by atoms with Crippen molar-refractivity contribution in [2.24, 2.45) is 5.84 Å². The number of anilines is 2. The smallest absolute Gasteiger partial charge is 0.282 e. The van der Waals surface area contributed by atoms with Crippen molar-refractivity contribution < 1.29 is 8.78 Å². The number of aromatic nitrogens is 2. The van der Waals surface area contributed by atoms with Gasteiger partial charge in [0.25, 0.3) is 5.92 Å². The Morgan fingerprint density at radius 2 is 2.14 bits per heavy atom. The second kappa shape index (κ2) is 3.02. The summed E-state index contributed by atoms with van der Waals surface area (Å²) < 4.78 is 25.1. The molecule has 1 aliphatic rings. The van der Waals surface area contributed by atoms with E-state index in [1.807, 2.05) is 0 Å². The summed E-state index contributed by atoms with van der Waals surface area (Å²) >= 11 is 0. The van der Waals surface area contributed by atoms with E-state index >= 15 is 0 Å². The van der Waals surface area contributed by atoms with Crippen LogP contribution in [0.1, 0.15) is 0 Å². The molecule has 1 aromatic heterocycles. The van der Waals surface area contributed by atoms with Gasteiger partial charge in [-0.15, -0.1) is 0 Å². The Bertz CT molecular complexity index is 335. The van der Waals surface area contributed by atoms with Gasteiger partial charge in [0.2, 0.25) is 0 Å². The molecule has 0 aromatic carbocycles. The number of nitrogens with two attached hydrogens (primary N) is 1. The molecule has 0 aliphatic carbocycles. The fourth-order valence-electron chi connectivity index (χ4n) is 1.27. The van der Waals surface area contributed by atoms with Gasteiger partial charge in [-0.1, -0.05) is 0 Å². The Balaban J connectivity index is 2.11. The maximum Gasteiger partial charge on any atom is 0.282 e. The lowest BCUT2D eigenvalue weighted by Crippen LogP contribution is -2.56. The minimum atomic E-state index is -2.60. The monoisotopic (exact) mass is 201 g/mol. The lowest BCUT2D eigenvalue weighted by atomic mass is 10.1. The number of halogens is 2. The van der Waals surface area contributed by atoms with Crippen molar-refractivity contribution in [1.82, 2.24) is 9.97 Å². The molecular formula is C7H9F2N5. The summed E-state index contributed by atoms with van der Waals surface area (Å²) in [5.41, 5.74) is 2.33. The van der Waals surface area contributed by atoms with Gasteiger partial charge in [0.05, 0.1) is 13.1 Å². The lowest BCUT2D eigenvalue weighted by Gasteiger charge is -2.39. The van der Waals surface area contributed by atoms with Crippen LogP contribution in [0.3, 0.4) is 0 Å². The Labute approximate surface area is 78.9 Å². The van der Waals surface area contributed by atoms with E-state index in [-0.39, 0.29) is 13.1 Å². The fourth-order valence-corrected chi connectivity index (χ4v) is 1.27. The molecule has 14 heavy (non-hydrogen) atoms. The van der Waals surface area contributed by atoms with Crippen LogP contribution in [-0.2, 0) is 0 Å². The first kappa shape index (κ1) is 9.07. The van der Waals surface area contributed by atoms with Crippen molar-refractivity contribution >= 4 is 11.6 Å². The second-order valence-corrected chi connectivity index (χ2v) is 3.12. The summed E-state index contributed by atoms with van der Waals surface area (Å²) in [6.45, 7) is -0.595. The van der Waals surface area contributed by atoms with E-state index in [2.05, 4.69) is 15.4 Å². The number of rotatable bonds is 2. The average Bonchev–Trinajstić information content (AvgIpc) is 2.14. The van der Waals surface area contributed by atoms with Crippen LogP contribution in [0.25, 0.3) is 0 Å². The zero-order valence-electron chi connectivity index (χ0n) is 7.24. The topological polar surface area (TPSA) is 67.1 Å². The summed E-state index contributed by atoms with van der Waals surface area (Å²) in [6, 6.07) is 1.52. The van der Waals surface area contributed by atoms with Gasteiger partial charge < -0.3 is 10.3 Å². The summed E-state index contributed by atoms with van der Waals surface area (Å²) in [7, 11) is 0. The number of nitrogens with one attached hydrogen (secondary N) is 1. The van der Waals surface area contributed by atoms with E-state index in [4.69, 9.17) is 5.84 Å². The van der Waals surface area contributed by atoms with Crippen molar-refractivity contribution in [3.63, 3.8) is 0 Å². The molecule has 7 heteroatoms. The van der Waals surface area contributed by atoms with Crippen LogP contribution in [0.15, 0.2) is 12.4 Å². The van der Waals surface area contributed by atoms with E-state index in [1.165, 1.54) is 17.3 Å². The predicted octanol–water partition coefficient (Wildman–Crippen LogP) is 0.218. The second-order valence-electron chi connectivity index (χ2n) is 3.12. The highest BCUT2D eigenvalue weighted by molar-refractivity contribution is 5.50. The molecular weight excluding hydrogens is 192 g/mol. The van der Waals surface area contributed by atoms with Gasteiger partial charge in [0.15, 0.2) is 0 Å². The minimum absolute atomic E-state index is 0.298. The first-order chi connectivity index (χ1) is 6.61. The molecule has 0 radical (unpaired) electrons. The SMILES string of the molecule is NNc1cc(N2CC(F)(F)C2)ncn1. The summed E-state index contributed by atoms with van der Waals surface area (Å²) in [5, 5.41) is 0. The molecule has 0 saturated carbocycles. The highest BCUT2D eigenvalue weighted by Crippen LogP contribution is 2.30. The van der Waals surface area contributed by atoms with Crippen molar-refractivity contribution in [1.29, 1.82) is 0 Å². The summed E-state index contributed by atoms with van der Waals surface area (Å²) in [5.74, 6) is 3.39. The van der Waals surface area contributed by atoms with Gasteiger partial charge in [0, 0.05) is 6.07 Å². The fraction of sp³-hybridized carbons (Fsp3) is 0.429. The zero-order chi connectivity index (χ0) is 10.2. The van der Waals surface area contributed by atoms with Crippen LogP contribution in [0.2, 0.25) is 0 Å². The lowest BCUT2D eigenvalue weighted by molar-refractivity contribution is -0.0267. The third kappa shape index (κ3) is 1.58. The Kier molecular flexibility index (Phi) is 1.95. The molecule has 3 N–H and O–H groups in total. The maximum absolute atomic E-state index is 12.5. The van der Waals surface area contributed by atoms with Crippen LogP contribution < -0.4 is 16.2 Å². The molecule has 0 spiro atoms. The third-order valence-corrected chi connectivity index (χ3v) is 1.97. The zero-order valence-corrected chi connectivity index (χ0v) is 7.24. The van der Waals surface area contributed by atoms with Crippen molar-refractivity contribution in [3.05, 3.63) is 12.4 Å². The first-order valence-electron chi connectivity index (χ1n) is 4.02. The van der Waals surface area contributed by atoms with Crippen LogP contribution in [-0.4, -0.2) is 29.0 Å². The van der Waals surface area contributed by atoms with Gasteiger partial charge in [-0.05, 0) is 0 Å². The molecule has 1 fully saturated rings. The number of alkyl halides is 2. The van der Waals surface area contributed by atoms with Crippen LogP contribution in [0.4, 0.5) is 20.4 Å². The summed E-state index contributed by atoms with van der Waals surface area (Å²) in [4.78, 5) is 9.10. The van der Waals surface area contributed by atoms with Crippen LogP contribution >= 0.6 is 0 Å². The molecule has 0 unspecified atom stereocenters. The number of nitrogen functional groups attached to an aromatic ring is 1. The molecule has 0 bridgehead atoms. The van der Waals surface area contributed by atoms with Crippen molar-refractivity contribution in [2.45, 2.75) is 5.92 Å². The quantitative estimate of drug-likeness (QED) is 0.529. The molecule has 2 heterocycles. The molecule has 2 rings (SSSR count). The average molecular weight is 201 g/mol. The van der Waals surface area contributed by atoms with E-state index in [1.54, 1.807) is 0 Å². The van der Waals surface area contributed by atoms with Crippen LogP contribution in [0, 0.1) is 0 Å². The maximum atomic E-state index is 12.5. The molecule has 1 aromatic rings. The van der Waals surface area contributed by atoms with Crippen molar-refractivity contribution in [3.8, 4) is 0 Å². The van der Waals surface area contributed by atoms with E-state index in [9.17, 15) is 8.78 Å². The van der Waals surface area contributed by atoms with Gasteiger partial charge in [-0.25, -0.2) is 24.6 Å². The van der Waals surface area contributed by atoms with Gasteiger partial charge in [0.1, 0.15) is 18.0 Å². The predicted molar refractivity (Wildman–Crippen MR) is 47.0 cm³/mol. The van der Waals surface area contributed by atoms with E-state index < -0.39 is 5.92 Å². The molecule has 76 valence electrons. The van der Waals surface area contributed by atoms with Crippen molar-refractivity contribution in [2.75, 3.05) is 23.4 Å². The molecule has 1 aliphatic heterocycles. The Morgan fingerprint density at radius 3 is 2.71 bits per heavy atom. The van der Waals surface area contributed by atoms with Gasteiger partial charge in [-0.3, -0.25) is 0 Å². The number of hydrazine groups is 1. The summed E-state index contributed by atoms with van der Waals surface area (Å²) in [6.07, 6.45) is 1.28. The standard InChI is InChI=1S/C7H9F2N5/c8-7(9)2-14(3-7)6-1-5(13-10)11-4-12-6/h1,4H,2-3,10H2,(H,11,12,13). The molecule has 0 amide bonds. The number of nitrogens with zero attached hydrogens (tertiary/aromatic N) is 3. The number of hydrogen-bond acceptors (Lipinski definition) is 5. The Morgan fingerprint density at radius 1 is 1.43 bits per heavy atom. The van der Waals surface area contributed by atoms with Crippen LogP contribution in [0.5, 0.6) is 0 Å². The van der Waals surface area contributed by atoms with E-state index in [0.29, 0.717) is 11.6 Å². The third-order valence-electron chi connectivity index (χ3n) is 1.97. The molecule has 1 saturated heterocycles. The van der Waals surface area contributed by atoms with Gasteiger partial charge >= 0.3 is 0 Å². The molecule has 0 atom stereocenters. The highest BCUT2D eigenvalue weighted by atomic mass is 19.3. The first-order valence-corrected chi connectivity index (χ1v) is 4.02. The highest BCUT2D eigenvalue weighted by Gasteiger charge is 2.44. The van der Waals surface area contributed by atoms with E-state index in [0.717, 1.165) is 0 Å². The normalized spacial score (nSPS) is 18.9. The minimum Gasteiger partial charge on any atom is -0.344 e.